The van der Waals surface area contributed by atoms with E-state index in [9.17, 15) is 9.18 Å². The number of likely N-dealkylation sites (N-methyl/N-ethyl adjacent to an activating group) is 1. The van der Waals surface area contributed by atoms with E-state index in [1.54, 1.807) is 12.1 Å². The summed E-state index contributed by atoms with van der Waals surface area (Å²) >= 11 is 0. The number of benzene rings is 2. The van der Waals surface area contributed by atoms with Gasteiger partial charge in [-0.15, -0.1) is 0 Å². The smallest absolute Gasteiger partial charge is 0.227 e. The Morgan fingerprint density at radius 2 is 1.84 bits per heavy atom. The minimum atomic E-state index is -0.323. The molecule has 0 radical (unpaired) electrons. The Morgan fingerprint density at radius 3 is 2.58 bits per heavy atom. The number of hydrogen-bond donors (Lipinski definition) is 1. The Hall–Kier alpha value is -3.26. The molecule has 7 nitrogen and oxygen atoms in total. The van der Waals surface area contributed by atoms with Crippen molar-refractivity contribution in [1.82, 2.24) is 15.0 Å². The number of anilines is 2. The number of carbonyl (C=O) groups excluding carboxylic acids is 1. The fourth-order valence-corrected chi connectivity index (χ4v) is 3.67. The van der Waals surface area contributed by atoms with Crippen molar-refractivity contribution in [3.63, 3.8) is 0 Å². The number of aromatic nitrogens is 2. The van der Waals surface area contributed by atoms with Gasteiger partial charge in [0.1, 0.15) is 5.82 Å². The van der Waals surface area contributed by atoms with Crippen LogP contribution in [0.25, 0.3) is 11.4 Å². The second kappa shape index (κ2) is 9.70. The summed E-state index contributed by atoms with van der Waals surface area (Å²) in [5, 5.41) is 6.94. The first kappa shape index (κ1) is 21.0. The summed E-state index contributed by atoms with van der Waals surface area (Å²) in [5.74, 6) is 0.322. The van der Waals surface area contributed by atoms with Gasteiger partial charge in [0.2, 0.25) is 17.6 Å². The van der Waals surface area contributed by atoms with Gasteiger partial charge < -0.3 is 19.6 Å². The van der Waals surface area contributed by atoms with Crippen molar-refractivity contribution in [3.8, 4) is 11.4 Å². The van der Waals surface area contributed by atoms with E-state index in [0.29, 0.717) is 23.7 Å². The highest BCUT2D eigenvalue weighted by molar-refractivity contribution is 5.94. The Labute approximate surface area is 180 Å². The van der Waals surface area contributed by atoms with Crippen molar-refractivity contribution >= 4 is 17.3 Å². The molecule has 0 atom stereocenters. The van der Waals surface area contributed by atoms with Crippen molar-refractivity contribution < 1.29 is 13.7 Å². The van der Waals surface area contributed by atoms with Crippen LogP contribution in [0.5, 0.6) is 0 Å². The molecule has 0 aliphatic carbocycles. The van der Waals surface area contributed by atoms with Crippen molar-refractivity contribution in [2.45, 2.75) is 19.8 Å². The first-order valence-corrected chi connectivity index (χ1v) is 10.6. The highest BCUT2D eigenvalue weighted by Crippen LogP contribution is 2.27. The van der Waals surface area contributed by atoms with E-state index in [-0.39, 0.29) is 18.1 Å². The first-order valence-electron chi connectivity index (χ1n) is 10.6. The molecular weight excluding hydrogens is 397 g/mol. The van der Waals surface area contributed by atoms with Gasteiger partial charge in [0.15, 0.2) is 0 Å². The lowest BCUT2D eigenvalue weighted by Crippen LogP contribution is -2.46. The lowest BCUT2D eigenvalue weighted by atomic mass is 10.2. The zero-order valence-electron chi connectivity index (χ0n) is 17.6. The summed E-state index contributed by atoms with van der Waals surface area (Å²) in [6, 6.07) is 13.8. The molecule has 0 spiro atoms. The van der Waals surface area contributed by atoms with Crippen LogP contribution in [0.2, 0.25) is 0 Å². The van der Waals surface area contributed by atoms with Gasteiger partial charge in [-0.05, 0) is 42.9 Å². The Balaban J connectivity index is 1.34. The second-order valence-corrected chi connectivity index (χ2v) is 7.51. The fourth-order valence-electron chi connectivity index (χ4n) is 3.67. The number of para-hydroxylation sites is 2. The van der Waals surface area contributed by atoms with Crippen molar-refractivity contribution in [2.24, 2.45) is 0 Å². The highest BCUT2D eigenvalue weighted by Gasteiger charge is 2.19. The van der Waals surface area contributed by atoms with Gasteiger partial charge in [-0.1, -0.05) is 24.2 Å². The van der Waals surface area contributed by atoms with Crippen LogP contribution in [0.4, 0.5) is 15.8 Å². The number of amides is 1. The Kier molecular flexibility index (Phi) is 6.57. The number of carbonyl (C=O) groups is 1. The predicted molar refractivity (Wildman–Crippen MR) is 117 cm³/mol. The molecule has 2 heterocycles. The average molecular weight is 423 g/mol. The van der Waals surface area contributed by atoms with Crippen LogP contribution < -0.4 is 10.2 Å². The summed E-state index contributed by atoms with van der Waals surface area (Å²) in [4.78, 5) is 21.6. The van der Waals surface area contributed by atoms with Gasteiger partial charge in [0.05, 0.1) is 11.4 Å². The summed E-state index contributed by atoms with van der Waals surface area (Å²) in [6.45, 7) is 7.16. The van der Waals surface area contributed by atoms with Gasteiger partial charge in [0, 0.05) is 44.6 Å². The minimum Gasteiger partial charge on any atom is -0.367 e. The van der Waals surface area contributed by atoms with Crippen LogP contribution in [0, 0.1) is 5.82 Å². The molecule has 1 aliphatic rings. The number of nitrogens with one attached hydrogen (secondary N) is 1. The van der Waals surface area contributed by atoms with E-state index >= 15 is 0 Å². The van der Waals surface area contributed by atoms with Gasteiger partial charge in [-0.3, -0.25) is 4.79 Å². The molecule has 1 N–H and O–H groups in total. The maximum Gasteiger partial charge on any atom is 0.227 e. The molecule has 31 heavy (non-hydrogen) atoms. The van der Waals surface area contributed by atoms with E-state index in [0.717, 1.165) is 44.1 Å². The van der Waals surface area contributed by atoms with Crippen LogP contribution in [0.1, 0.15) is 19.2 Å². The standard InChI is InChI=1S/C23H26FN5O2/c1-2-28-13-15-29(16-14-28)20-6-4-3-5-19(20)25-21(30)11-12-22-26-23(27-31-22)17-7-9-18(24)10-8-17/h3-10H,2,11-16H2,1H3,(H,25,30). The topological polar surface area (TPSA) is 74.5 Å². The molecule has 1 aromatic heterocycles. The van der Waals surface area contributed by atoms with Crippen molar-refractivity contribution in [3.05, 3.63) is 60.2 Å². The third-order valence-electron chi connectivity index (χ3n) is 5.47. The Bertz CT molecular complexity index is 1010. The molecule has 0 saturated carbocycles. The number of rotatable bonds is 7. The molecular formula is C23H26FN5O2. The molecule has 2 aromatic carbocycles. The summed E-state index contributed by atoms with van der Waals surface area (Å²) in [7, 11) is 0. The molecule has 162 valence electrons. The lowest BCUT2D eigenvalue weighted by Gasteiger charge is -2.36. The van der Waals surface area contributed by atoms with Crippen LogP contribution >= 0.6 is 0 Å². The van der Waals surface area contributed by atoms with E-state index in [2.05, 4.69) is 32.2 Å². The zero-order chi connectivity index (χ0) is 21.6. The van der Waals surface area contributed by atoms with Gasteiger partial charge in [-0.25, -0.2) is 4.39 Å². The largest absolute Gasteiger partial charge is 0.367 e. The predicted octanol–water partition coefficient (Wildman–Crippen LogP) is 3.59. The average Bonchev–Trinajstić information content (AvgIpc) is 3.28. The number of aryl methyl sites for hydroxylation is 1. The number of nitrogens with zero attached hydrogens (tertiary/aromatic N) is 4. The van der Waals surface area contributed by atoms with Crippen LogP contribution in [-0.4, -0.2) is 53.7 Å². The summed E-state index contributed by atoms with van der Waals surface area (Å²) < 4.78 is 18.3. The van der Waals surface area contributed by atoms with Gasteiger partial charge in [-0.2, -0.15) is 4.98 Å². The number of piperazine rings is 1. The van der Waals surface area contributed by atoms with Crippen molar-refractivity contribution in [1.29, 1.82) is 0 Å². The molecule has 3 aromatic rings. The quantitative estimate of drug-likeness (QED) is 0.626. The molecule has 8 heteroatoms. The zero-order valence-corrected chi connectivity index (χ0v) is 17.6. The second-order valence-electron chi connectivity index (χ2n) is 7.51. The highest BCUT2D eigenvalue weighted by atomic mass is 19.1. The van der Waals surface area contributed by atoms with E-state index < -0.39 is 0 Å². The molecule has 0 bridgehead atoms. The van der Waals surface area contributed by atoms with Crippen LogP contribution in [0.3, 0.4) is 0 Å². The molecule has 4 rings (SSSR count). The minimum absolute atomic E-state index is 0.110. The SMILES string of the molecule is CCN1CCN(c2ccccc2NC(=O)CCc2nc(-c3ccc(F)cc3)no2)CC1. The summed E-state index contributed by atoms with van der Waals surface area (Å²) in [6.07, 6.45) is 0.556. The van der Waals surface area contributed by atoms with E-state index in [4.69, 9.17) is 4.52 Å². The third kappa shape index (κ3) is 5.27. The third-order valence-corrected chi connectivity index (χ3v) is 5.47. The molecule has 0 unspecified atom stereocenters. The molecule has 1 fully saturated rings. The first-order chi connectivity index (χ1) is 15.1. The normalized spacial score (nSPS) is 14.6. The van der Waals surface area contributed by atoms with E-state index in [1.165, 1.54) is 12.1 Å². The number of hydrogen-bond acceptors (Lipinski definition) is 6. The number of halogens is 1. The maximum absolute atomic E-state index is 13.1. The van der Waals surface area contributed by atoms with E-state index in [1.807, 2.05) is 24.3 Å². The van der Waals surface area contributed by atoms with Crippen molar-refractivity contribution in [2.75, 3.05) is 42.9 Å². The Morgan fingerprint density at radius 1 is 1.10 bits per heavy atom. The molecule has 1 amide bonds. The fraction of sp³-hybridized carbons (Fsp3) is 0.348. The monoisotopic (exact) mass is 423 g/mol. The summed E-state index contributed by atoms with van der Waals surface area (Å²) in [5.41, 5.74) is 2.52. The van der Waals surface area contributed by atoms with Crippen LogP contribution in [-0.2, 0) is 11.2 Å². The van der Waals surface area contributed by atoms with Gasteiger partial charge >= 0.3 is 0 Å². The lowest BCUT2D eigenvalue weighted by molar-refractivity contribution is -0.116. The molecule has 1 aliphatic heterocycles. The molecule has 1 saturated heterocycles. The van der Waals surface area contributed by atoms with Crippen LogP contribution in [0.15, 0.2) is 53.1 Å². The maximum atomic E-state index is 13.1. The van der Waals surface area contributed by atoms with Gasteiger partial charge in [0.25, 0.3) is 0 Å².